The maximum Gasteiger partial charge on any atom is 0.425 e. The molecule has 194 valence electrons. The van der Waals surface area contributed by atoms with Crippen LogP contribution in [0.4, 0.5) is 36.4 Å². The molecule has 2 rings (SSSR count). The molecule has 2 aromatic rings. The third kappa shape index (κ3) is 5.06. The van der Waals surface area contributed by atoms with E-state index in [-0.39, 0.29) is 17.0 Å². The highest BCUT2D eigenvalue weighted by Gasteiger charge is 2.55. The Morgan fingerprint density at radius 1 is 1.11 bits per heavy atom. The van der Waals surface area contributed by atoms with Crippen LogP contribution in [0.5, 0.6) is 0 Å². The van der Waals surface area contributed by atoms with Gasteiger partial charge in [0.2, 0.25) is 5.54 Å². The molecule has 0 spiro atoms. The molecule has 0 bridgehead atoms. The summed E-state index contributed by atoms with van der Waals surface area (Å²) in [5, 5.41) is 12.5. The molecule has 1 heterocycles. The third-order valence-electron chi connectivity index (χ3n) is 5.40. The second-order valence-electron chi connectivity index (χ2n) is 7.63. The highest BCUT2D eigenvalue weighted by molar-refractivity contribution is 6.44. The molecular weight excluding hydrogens is 503 g/mol. The van der Waals surface area contributed by atoms with Crippen LogP contribution in [0.2, 0.25) is 0 Å². The largest absolute Gasteiger partial charge is 0.425 e. The number of anilines is 1. The fourth-order valence-corrected chi connectivity index (χ4v) is 3.37. The zero-order valence-electron chi connectivity index (χ0n) is 18.8. The zero-order valence-corrected chi connectivity index (χ0v) is 18.8. The Balaban J connectivity index is 2.43. The Kier molecular flexibility index (Phi) is 7.61. The maximum atomic E-state index is 13.5. The van der Waals surface area contributed by atoms with Crippen LogP contribution >= 0.6 is 0 Å². The van der Waals surface area contributed by atoms with Gasteiger partial charge in [0.25, 0.3) is 17.6 Å². The Hall–Kier alpha value is -3.86. The van der Waals surface area contributed by atoms with Crippen molar-refractivity contribution in [1.82, 2.24) is 9.88 Å². The number of carbonyl (C=O) groups is 3. The van der Waals surface area contributed by atoms with Gasteiger partial charge in [-0.3, -0.25) is 14.4 Å². The smallest absolute Gasteiger partial charge is 0.393 e. The third-order valence-corrected chi connectivity index (χ3v) is 5.40. The highest BCUT2D eigenvalue weighted by atomic mass is 19.4. The molecule has 36 heavy (non-hydrogen) atoms. The molecule has 0 aliphatic heterocycles. The van der Waals surface area contributed by atoms with Gasteiger partial charge in [-0.15, -0.1) is 6.42 Å². The standard InChI is InChI=1S/C22H18F7N3O4/c1-5-20(9-33,22(27,28)29)31-19(36)17(34)15-10(2)16(32(4)11(15)3)18(35)30-12-6-7-14(23)13(8-12)21(24,25)26/h1,6-8,33H,9H2,2-4H3,(H,30,35)(H,31,36)/t20-/m1/s1. The second-order valence-corrected chi connectivity index (χ2v) is 7.63. The first-order valence-electron chi connectivity index (χ1n) is 9.78. The van der Waals surface area contributed by atoms with Crippen LogP contribution in [0.25, 0.3) is 0 Å². The quantitative estimate of drug-likeness (QED) is 0.235. The van der Waals surface area contributed by atoms with Crippen molar-refractivity contribution in [3.05, 3.63) is 52.1 Å². The highest BCUT2D eigenvalue weighted by Crippen LogP contribution is 2.33. The first-order valence-corrected chi connectivity index (χ1v) is 9.78. The number of benzene rings is 1. The predicted octanol–water partition coefficient (Wildman–Crippen LogP) is 3.28. The summed E-state index contributed by atoms with van der Waals surface area (Å²) in [4.78, 5) is 37.9. The van der Waals surface area contributed by atoms with E-state index in [1.165, 1.54) is 32.1 Å². The first kappa shape index (κ1) is 28.4. The predicted molar refractivity (Wildman–Crippen MR) is 111 cm³/mol. The minimum Gasteiger partial charge on any atom is -0.393 e. The maximum absolute atomic E-state index is 13.5. The number of hydrogen-bond acceptors (Lipinski definition) is 4. The molecule has 14 heteroatoms. The van der Waals surface area contributed by atoms with Crippen molar-refractivity contribution in [2.24, 2.45) is 7.05 Å². The van der Waals surface area contributed by atoms with Crippen LogP contribution in [-0.2, 0) is 18.0 Å². The number of aromatic nitrogens is 1. The molecule has 0 saturated heterocycles. The van der Waals surface area contributed by atoms with Gasteiger partial charge in [-0.05, 0) is 37.6 Å². The lowest BCUT2D eigenvalue weighted by Gasteiger charge is -2.29. The van der Waals surface area contributed by atoms with Crippen molar-refractivity contribution < 1.29 is 50.2 Å². The van der Waals surface area contributed by atoms with E-state index in [4.69, 9.17) is 11.5 Å². The summed E-state index contributed by atoms with van der Waals surface area (Å²) < 4.78 is 93.3. The van der Waals surface area contributed by atoms with Gasteiger partial charge in [0, 0.05) is 18.4 Å². The number of Topliss-reactive ketones (excluding diaryl/α,β-unsaturated/α-hetero) is 1. The lowest BCUT2D eigenvalue weighted by atomic mass is 9.99. The number of carbonyl (C=O) groups excluding carboxylic acids is 3. The van der Waals surface area contributed by atoms with Gasteiger partial charge in [-0.2, -0.15) is 26.3 Å². The first-order chi connectivity index (χ1) is 16.4. The van der Waals surface area contributed by atoms with Crippen LogP contribution in [0, 0.1) is 32.0 Å². The van der Waals surface area contributed by atoms with E-state index >= 15 is 0 Å². The molecule has 0 radical (unpaired) electrons. The number of ketones is 1. The zero-order chi connectivity index (χ0) is 27.8. The summed E-state index contributed by atoms with van der Waals surface area (Å²) in [7, 11) is 1.26. The summed E-state index contributed by atoms with van der Waals surface area (Å²) in [6.07, 6.45) is -5.53. The van der Waals surface area contributed by atoms with Gasteiger partial charge in [-0.1, -0.05) is 5.92 Å². The molecule has 0 unspecified atom stereocenters. The van der Waals surface area contributed by atoms with Crippen molar-refractivity contribution >= 4 is 23.3 Å². The van der Waals surface area contributed by atoms with E-state index < -0.39 is 64.7 Å². The van der Waals surface area contributed by atoms with Gasteiger partial charge >= 0.3 is 12.4 Å². The molecule has 0 aliphatic rings. The molecule has 1 aromatic heterocycles. The fraction of sp³-hybridized carbons (Fsp3) is 0.318. The van der Waals surface area contributed by atoms with Gasteiger partial charge in [-0.25, -0.2) is 4.39 Å². The van der Waals surface area contributed by atoms with Crippen molar-refractivity contribution in [2.45, 2.75) is 31.7 Å². The lowest BCUT2D eigenvalue weighted by Crippen LogP contribution is -2.61. The molecular formula is C22H18F7N3O4. The monoisotopic (exact) mass is 521 g/mol. The Morgan fingerprint density at radius 2 is 1.69 bits per heavy atom. The Morgan fingerprint density at radius 3 is 2.17 bits per heavy atom. The van der Waals surface area contributed by atoms with E-state index in [2.05, 4.69) is 5.32 Å². The van der Waals surface area contributed by atoms with Gasteiger partial charge in [0.05, 0.1) is 17.7 Å². The van der Waals surface area contributed by atoms with Crippen LogP contribution < -0.4 is 10.6 Å². The van der Waals surface area contributed by atoms with E-state index in [0.717, 1.165) is 10.6 Å². The van der Waals surface area contributed by atoms with Crippen molar-refractivity contribution in [2.75, 3.05) is 11.9 Å². The van der Waals surface area contributed by atoms with Gasteiger partial charge in [0.1, 0.15) is 11.5 Å². The molecule has 1 atom stereocenters. The number of terminal acetylenes is 1. The van der Waals surface area contributed by atoms with Crippen molar-refractivity contribution in [3.63, 3.8) is 0 Å². The van der Waals surface area contributed by atoms with Crippen LogP contribution in [0.3, 0.4) is 0 Å². The lowest BCUT2D eigenvalue weighted by molar-refractivity contribution is -0.189. The van der Waals surface area contributed by atoms with Crippen LogP contribution in [0.1, 0.15) is 37.7 Å². The topological polar surface area (TPSA) is 100 Å². The number of rotatable bonds is 6. The number of aliphatic hydroxyl groups is 1. The minimum absolute atomic E-state index is 0.0461. The van der Waals surface area contributed by atoms with Crippen molar-refractivity contribution in [1.29, 1.82) is 0 Å². The summed E-state index contributed by atoms with van der Waals surface area (Å²) in [5.41, 5.74) is -6.65. The van der Waals surface area contributed by atoms with Crippen LogP contribution in [0.15, 0.2) is 18.2 Å². The molecule has 2 amide bonds. The van der Waals surface area contributed by atoms with Crippen molar-refractivity contribution in [3.8, 4) is 12.3 Å². The summed E-state index contributed by atoms with van der Waals surface area (Å²) >= 11 is 0. The van der Waals surface area contributed by atoms with E-state index in [9.17, 15) is 45.1 Å². The molecule has 3 N–H and O–H groups in total. The molecule has 0 saturated carbocycles. The molecule has 0 aliphatic carbocycles. The van der Waals surface area contributed by atoms with Crippen LogP contribution in [-0.4, -0.2) is 45.6 Å². The van der Waals surface area contributed by atoms with Gasteiger partial charge < -0.3 is 20.3 Å². The summed E-state index contributed by atoms with van der Waals surface area (Å²) in [5.74, 6) is -4.75. The average Bonchev–Trinajstić information content (AvgIpc) is 2.99. The number of halogens is 7. The number of aliphatic hydroxyl groups excluding tert-OH is 1. The average molecular weight is 521 g/mol. The second kappa shape index (κ2) is 9.65. The molecule has 7 nitrogen and oxygen atoms in total. The normalized spacial score (nSPS) is 13.5. The number of amides is 2. The Bertz CT molecular complexity index is 1270. The minimum atomic E-state index is -5.32. The number of nitrogens with one attached hydrogen (secondary N) is 2. The van der Waals surface area contributed by atoms with E-state index in [1.54, 1.807) is 0 Å². The summed E-state index contributed by atoms with van der Waals surface area (Å²) in [6, 6.07) is 1.70. The van der Waals surface area contributed by atoms with E-state index in [1.807, 2.05) is 0 Å². The summed E-state index contributed by atoms with van der Waals surface area (Å²) in [6.45, 7) is 0.677. The fourth-order valence-electron chi connectivity index (χ4n) is 3.37. The number of nitrogens with zero attached hydrogens (tertiary/aromatic N) is 1. The SMILES string of the molecule is C#C[C@](CO)(NC(=O)C(=O)c1c(C)c(C(=O)Nc2ccc(F)c(C(F)(F)F)c2)n(C)c1C)C(F)(F)F. The molecule has 0 fully saturated rings. The number of hydrogen-bond donors (Lipinski definition) is 3. The van der Waals surface area contributed by atoms with Gasteiger partial charge in [0.15, 0.2) is 0 Å². The Labute approximate surface area is 199 Å². The molecule has 1 aromatic carbocycles. The van der Waals surface area contributed by atoms with E-state index in [0.29, 0.717) is 12.1 Å². The number of alkyl halides is 6.